The van der Waals surface area contributed by atoms with Gasteiger partial charge < -0.3 is 10.1 Å². The molecule has 0 aliphatic carbocycles. The van der Waals surface area contributed by atoms with Crippen LogP contribution < -0.4 is 5.32 Å². The number of ether oxygens (including phenoxy) is 1. The van der Waals surface area contributed by atoms with Gasteiger partial charge in [-0.25, -0.2) is 0 Å². The molecule has 1 N–H and O–H groups in total. The molecular formula is C11H20N2OS. The summed E-state index contributed by atoms with van der Waals surface area (Å²) in [7, 11) is 0. The van der Waals surface area contributed by atoms with Gasteiger partial charge in [-0.2, -0.15) is 0 Å². The molecule has 15 heavy (non-hydrogen) atoms. The van der Waals surface area contributed by atoms with Crippen LogP contribution in [0.15, 0.2) is 4.99 Å². The molecule has 2 rings (SSSR count). The molecule has 2 aliphatic heterocycles. The maximum Gasteiger partial charge on any atom is 0.157 e. The van der Waals surface area contributed by atoms with Gasteiger partial charge in [0, 0.05) is 12.4 Å². The zero-order valence-electron chi connectivity index (χ0n) is 9.69. The predicted molar refractivity (Wildman–Crippen MR) is 65.5 cm³/mol. The van der Waals surface area contributed by atoms with Crippen LogP contribution in [0.1, 0.15) is 27.2 Å². The van der Waals surface area contributed by atoms with Gasteiger partial charge in [0.15, 0.2) is 5.17 Å². The van der Waals surface area contributed by atoms with Crippen molar-refractivity contribution in [3.63, 3.8) is 0 Å². The van der Waals surface area contributed by atoms with Gasteiger partial charge >= 0.3 is 0 Å². The Morgan fingerprint density at radius 3 is 2.87 bits per heavy atom. The van der Waals surface area contributed by atoms with Crippen molar-refractivity contribution in [3.05, 3.63) is 0 Å². The highest BCUT2D eigenvalue weighted by Gasteiger charge is 2.28. The second kappa shape index (κ2) is 4.74. The van der Waals surface area contributed by atoms with Crippen LogP contribution in [-0.4, -0.2) is 35.7 Å². The molecule has 2 unspecified atom stereocenters. The molecule has 1 fully saturated rings. The van der Waals surface area contributed by atoms with E-state index < -0.39 is 0 Å². The SMILES string of the molecule is CC1OCCC1NC1=N[C@@H](C(C)C)CS1. The lowest BCUT2D eigenvalue weighted by Crippen LogP contribution is -2.37. The molecule has 3 atom stereocenters. The highest BCUT2D eigenvalue weighted by atomic mass is 32.2. The first kappa shape index (κ1) is 11.3. The Labute approximate surface area is 96.1 Å². The molecule has 1 saturated heterocycles. The van der Waals surface area contributed by atoms with E-state index >= 15 is 0 Å². The fraction of sp³-hybridized carbons (Fsp3) is 0.909. The average molecular weight is 228 g/mol. The summed E-state index contributed by atoms with van der Waals surface area (Å²) in [6, 6.07) is 0.956. The first-order valence-corrected chi connectivity index (χ1v) is 6.74. The number of hydrogen-bond acceptors (Lipinski definition) is 4. The zero-order valence-corrected chi connectivity index (χ0v) is 10.5. The second-order valence-corrected chi connectivity index (χ2v) is 5.68. The maximum atomic E-state index is 5.52. The molecule has 0 aromatic carbocycles. The Kier molecular flexibility index (Phi) is 3.57. The molecule has 0 amide bonds. The molecule has 86 valence electrons. The van der Waals surface area contributed by atoms with Crippen molar-refractivity contribution in [2.45, 2.75) is 45.4 Å². The summed E-state index contributed by atoms with van der Waals surface area (Å²) in [4.78, 5) is 4.70. The van der Waals surface area contributed by atoms with Crippen molar-refractivity contribution >= 4 is 16.9 Å². The molecule has 0 aromatic rings. The van der Waals surface area contributed by atoms with Crippen LogP contribution in [0.2, 0.25) is 0 Å². The Hall–Kier alpha value is -0.220. The number of amidine groups is 1. The molecule has 0 saturated carbocycles. The van der Waals surface area contributed by atoms with Gasteiger partial charge in [0.1, 0.15) is 0 Å². The van der Waals surface area contributed by atoms with Crippen molar-refractivity contribution in [3.8, 4) is 0 Å². The lowest BCUT2D eigenvalue weighted by molar-refractivity contribution is 0.116. The van der Waals surface area contributed by atoms with E-state index in [2.05, 4.69) is 26.1 Å². The van der Waals surface area contributed by atoms with Gasteiger partial charge in [0.25, 0.3) is 0 Å². The third-order valence-electron chi connectivity index (χ3n) is 3.13. The Balaban J connectivity index is 1.87. The van der Waals surface area contributed by atoms with Gasteiger partial charge in [-0.05, 0) is 19.3 Å². The number of hydrogen-bond donors (Lipinski definition) is 1. The summed E-state index contributed by atoms with van der Waals surface area (Å²) in [5.41, 5.74) is 0. The summed E-state index contributed by atoms with van der Waals surface area (Å²) < 4.78 is 5.52. The van der Waals surface area contributed by atoms with E-state index in [4.69, 9.17) is 9.73 Å². The van der Waals surface area contributed by atoms with Gasteiger partial charge in [-0.1, -0.05) is 25.6 Å². The maximum absolute atomic E-state index is 5.52. The molecular weight excluding hydrogens is 208 g/mol. The fourth-order valence-corrected chi connectivity index (χ4v) is 3.12. The minimum Gasteiger partial charge on any atom is -0.376 e. The lowest BCUT2D eigenvalue weighted by Gasteiger charge is -2.16. The van der Waals surface area contributed by atoms with E-state index in [0.717, 1.165) is 23.9 Å². The van der Waals surface area contributed by atoms with Gasteiger partial charge in [-0.3, -0.25) is 4.99 Å². The summed E-state index contributed by atoms with van der Waals surface area (Å²) in [6.45, 7) is 7.48. The zero-order chi connectivity index (χ0) is 10.8. The molecule has 0 spiro atoms. The van der Waals surface area contributed by atoms with Crippen LogP contribution in [0, 0.1) is 5.92 Å². The Bertz CT molecular complexity index is 255. The smallest absolute Gasteiger partial charge is 0.157 e. The lowest BCUT2D eigenvalue weighted by atomic mass is 10.1. The van der Waals surface area contributed by atoms with Crippen molar-refractivity contribution in [1.82, 2.24) is 5.32 Å². The van der Waals surface area contributed by atoms with Crippen LogP contribution in [0.3, 0.4) is 0 Å². The summed E-state index contributed by atoms with van der Waals surface area (Å²) >= 11 is 1.85. The molecule has 0 radical (unpaired) electrons. The van der Waals surface area contributed by atoms with Crippen molar-refractivity contribution in [1.29, 1.82) is 0 Å². The average Bonchev–Trinajstić information content (AvgIpc) is 2.77. The predicted octanol–water partition coefficient (Wildman–Crippen LogP) is 1.88. The number of aliphatic imine (C=N–C) groups is 1. The van der Waals surface area contributed by atoms with Crippen molar-refractivity contribution in [2.75, 3.05) is 12.4 Å². The molecule has 0 bridgehead atoms. The third-order valence-corrected chi connectivity index (χ3v) is 4.13. The standard InChI is InChI=1S/C11H20N2OS/c1-7(2)10-6-15-11(13-10)12-9-4-5-14-8(9)3/h7-10H,4-6H2,1-3H3,(H,12,13)/t8?,9?,10-/m1/s1. The highest BCUT2D eigenvalue weighted by Crippen LogP contribution is 2.23. The molecule has 2 heterocycles. The van der Waals surface area contributed by atoms with Crippen LogP contribution in [-0.2, 0) is 4.74 Å². The van der Waals surface area contributed by atoms with Crippen molar-refractivity contribution < 1.29 is 4.74 Å². The number of rotatable bonds is 2. The molecule has 4 heteroatoms. The minimum atomic E-state index is 0.325. The van der Waals surface area contributed by atoms with E-state index in [1.54, 1.807) is 0 Å². The quantitative estimate of drug-likeness (QED) is 0.783. The van der Waals surface area contributed by atoms with E-state index in [1.165, 1.54) is 0 Å². The summed E-state index contributed by atoms with van der Waals surface area (Å²) in [5.74, 6) is 1.77. The largest absolute Gasteiger partial charge is 0.376 e. The number of thioether (sulfide) groups is 1. The molecule has 2 aliphatic rings. The first-order valence-electron chi connectivity index (χ1n) is 5.75. The van der Waals surface area contributed by atoms with Crippen LogP contribution in [0.25, 0.3) is 0 Å². The van der Waals surface area contributed by atoms with E-state index in [1.807, 2.05) is 11.8 Å². The fourth-order valence-electron chi connectivity index (χ4n) is 1.89. The highest BCUT2D eigenvalue weighted by molar-refractivity contribution is 8.14. The number of nitrogens with zero attached hydrogens (tertiary/aromatic N) is 1. The molecule has 0 aromatic heterocycles. The van der Waals surface area contributed by atoms with Crippen molar-refractivity contribution in [2.24, 2.45) is 10.9 Å². The minimum absolute atomic E-state index is 0.325. The van der Waals surface area contributed by atoms with E-state index in [-0.39, 0.29) is 0 Å². The molecule has 3 nitrogen and oxygen atoms in total. The normalized spacial score (nSPS) is 36.0. The summed E-state index contributed by atoms with van der Waals surface area (Å²) in [5, 5.41) is 4.62. The Morgan fingerprint density at radius 1 is 1.53 bits per heavy atom. The van der Waals surface area contributed by atoms with Gasteiger partial charge in [0.2, 0.25) is 0 Å². The van der Waals surface area contributed by atoms with Gasteiger partial charge in [-0.15, -0.1) is 0 Å². The van der Waals surface area contributed by atoms with Gasteiger partial charge in [0.05, 0.1) is 18.2 Å². The van der Waals surface area contributed by atoms with E-state index in [9.17, 15) is 0 Å². The Morgan fingerprint density at radius 2 is 2.33 bits per heavy atom. The number of nitrogens with one attached hydrogen (secondary N) is 1. The van der Waals surface area contributed by atoms with Crippen LogP contribution >= 0.6 is 11.8 Å². The van der Waals surface area contributed by atoms with E-state index in [0.29, 0.717) is 24.1 Å². The topological polar surface area (TPSA) is 33.6 Å². The van der Waals surface area contributed by atoms with Crippen LogP contribution in [0.4, 0.5) is 0 Å². The second-order valence-electron chi connectivity index (χ2n) is 4.67. The monoisotopic (exact) mass is 228 g/mol. The summed E-state index contributed by atoms with van der Waals surface area (Å²) in [6.07, 6.45) is 1.43. The third kappa shape index (κ3) is 2.67. The first-order chi connectivity index (χ1) is 7.16. The van der Waals surface area contributed by atoms with Crippen LogP contribution in [0.5, 0.6) is 0 Å².